The van der Waals surface area contributed by atoms with Gasteiger partial charge in [-0.25, -0.2) is 9.59 Å². The number of anilines is 1. The first kappa shape index (κ1) is 20.0. The van der Waals surface area contributed by atoms with Crippen LogP contribution in [0.1, 0.15) is 27.4 Å². The second kappa shape index (κ2) is 8.20. The van der Waals surface area contributed by atoms with Crippen molar-refractivity contribution < 1.29 is 24.2 Å². The molecule has 0 unspecified atom stereocenters. The van der Waals surface area contributed by atoms with Crippen LogP contribution in [0.25, 0.3) is 11.1 Å². The van der Waals surface area contributed by atoms with Crippen LogP contribution in [0.3, 0.4) is 0 Å². The van der Waals surface area contributed by atoms with Gasteiger partial charge in [0.05, 0.1) is 17.3 Å². The molecular weight excluding hydrogens is 450 g/mol. The van der Waals surface area contributed by atoms with Crippen molar-refractivity contribution in [2.45, 2.75) is 5.92 Å². The first-order chi connectivity index (χ1) is 14.5. The second-order valence-corrected chi connectivity index (χ2v) is 7.55. The van der Waals surface area contributed by atoms with Gasteiger partial charge in [0.15, 0.2) is 0 Å². The number of benzene rings is 3. The number of carbonyl (C=O) groups is 2. The van der Waals surface area contributed by atoms with E-state index in [1.165, 1.54) is 13.2 Å². The minimum atomic E-state index is -1.20. The van der Waals surface area contributed by atoms with Gasteiger partial charge in [0.25, 0.3) is 0 Å². The van der Waals surface area contributed by atoms with Crippen molar-refractivity contribution in [1.82, 2.24) is 0 Å². The molecule has 2 N–H and O–H groups in total. The molecule has 0 spiro atoms. The summed E-state index contributed by atoms with van der Waals surface area (Å²) in [4.78, 5) is 24.1. The Bertz CT molecular complexity index is 1100. The first-order valence-electron chi connectivity index (χ1n) is 9.23. The minimum Gasteiger partial charge on any atom is -0.496 e. The largest absolute Gasteiger partial charge is 0.496 e. The Hall–Kier alpha value is -3.32. The summed E-state index contributed by atoms with van der Waals surface area (Å²) in [7, 11) is 1.43. The van der Waals surface area contributed by atoms with E-state index in [1.54, 1.807) is 6.07 Å². The van der Waals surface area contributed by atoms with E-state index in [1.807, 2.05) is 36.4 Å². The molecule has 0 bridgehead atoms. The average Bonchev–Trinajstić information content (AvgIpc) is 3.06. The summed E-state index contributed by atoms with van der Waals surface area (Å²) in [6, 6.07) is 19.1. The van der Waals surface area contributed by atoms with Gasteiger partial charge in [0, 0.05) is 5.92 Å². The Morgan fingerprint density at radius 3 is 2.17 bits per heavy atom. The third kappa shape index (κ3) is 3.52. The Kier molecular flexibility index (Phi) is 5.46. The molecule has 0 aromatic heterocycles. The van der Waals surface area contributed by atoms with Crippen LogP contribution in [-0.4, -0.2) is 30.9 Å². The average molecular weight is 468 g/mol. The van der Waals surface area contributed by atoms with Crippen molar-refractivity contribution in [1.29, 1.82) is 0 Å². The summed E-state index contributed by atoms with van der Waals surface area (Å²) in [6.07, 6.45) is -0.726. The Morgan fingerprint density at radius 1 is 1.00 bits per heavy atom. The fourth-order valence-corrected chi connectivity index (χ4v) is 4.45. The summed E-state index contributed by atoms with van der Waals surface area (Å²) < 4.78 is 10.9. The number of halogens is 1. The molecule has 152 valence electrons. The lowest BCUT2D eigenvalue weighted by Crippen LogP contribution is -2.19. The molecular formula is C23H18BrNO5. The van der Waals surface area contributed by atoms with E-state index >= 15 is 0 Å². The monoisotopic (exact) mass is 467 g/mol. The maximum absolute atomic E-state index is 12.5. The van der Waals surface area contributed by atoms with E-state index in [4.69, 9.17) is 9.47 Å². The van der Waals surface area contributed by atoms with Crippen LogP contribution in [0.15, 0.2) is 65.1 Å². The van der Waals surface area contributed by atoms with Gasteiger partial charge in [0.2, 0.25) is 0 Å². The highest BCUT2D eigenvalue weighted by atomic mass is 79.9. The summed E-state index contributed by atoms with van der Waals surface area (Å²) in [5.74, 6) is -0.926. The van der Waals surface area contributed by atoms with Crippen LogP contribution in [0.4, 0.5) is 10.5 Å². The fourth-order valence-electron chi connectivity index (χ4n) is 3.77. The van der Waals surface area contributed by atoms with Crippen LogP contribution in [-0.2, 0) is 4.74 Å². The quantitative estimate of drug-likeness (QED) is 0.516. The number of nitrogens with one attached hydrogen (secondary N) is 1. The number of carboxylic acids is 1. The molecule has 6 nitrogen and oxygen atoms in total. The number of ether oxygens (including phenoxy) is 2. The van der Waals surface area contributed by atoms with Gasteiger partial charge < -0.3 is 14.6 Å². The van der Waals surface area contributed by atoms with Crippen molar-refractivity contribution in [3.05, 3.63) is 81.8 Å². The molecule has 4 rings (SSSR count). The highest BCUT2D eigenvalue weighted by Gasteiger charge is 2.29. The zero-order chi connectivity index (χ0) is 21.3. The number of carbonyl (C=O) groups excluding carboxylic acids is 1. The fraction of sp³-hybridized carbons (Fsp3) is 0.130. The normalized spacial score (nSPS) is 12.1. The van der Waals surface area contributed by atoms with E-state index in [-0.39, 0.29) is 28.2 Å². The van der Waals surface area contributed by atoms with Crippen LogP contribution in [0.5, 0.6) is 5.75 Å². The van der Waals surface area contributed by atoms with Gasteiger partial charge in [-0.1, -0.05) is 48.5 Å². The molecule has 7 heteroatoms. The maximum atomic E-state index is 12.5. The van der Waals surface area contributed by atoms with E-state index in [9.17, 15) is 14.7 Å². The number of fused-ring (bicyclic) bond motifs is 3. The SMILES string of the molecule is COc1ccc(NC(=O)OCC2c3ccccc3-c3ccccc32)c(C(=O)O)c1Br. The van der Waals surface area contributed by atoms with Crippen LogP contribution in [0.2, 0.25) is 0 Å². The highest BCUT2D eigenvalue weighted by Crippen LogP contribution is 2.44. The molecule has 0 fully saturated rings. The van der Waals surface area contributed by atoms with Crippen LogP contribution in [0, 0.1) is 0 Å². The van der Waals surface area contributed by atoms with Crippen molar-refractivity contribution in [2.24, 2.45) is 0 Å². The summed E-state index contributed by atoms with van der Waals surface area (Å²) >= 11 is 3.21. The first-order valence-corrected chi connectivity index (χ1v) is 10.0. The molecule has 30 heavy (non-hydrogen) atoms. The Morgan fingerprint density at radius 2 is 1.60 bits per heavy atom. The molecule has 0 radical (unpaired) electrons. The molecule has 0 heterocycles. The van der Waals surface area contributed by atoms with Gasteiger partial charge in [-0.3, -0.25) is 5.32 Å². The van der Waals surface area contributed by atoms with Crippen molar-refractivity contribution in [2.75, 3.05) is 19.0 Å². The van der Waals surface area contributed by atoms with Crippen molar-refractivity contribution >= 4 is 33.7 Å². The lowest BCUT2D eigenvalue weighted by atomic mass is 9.98. The molecule has 3 aromatic carbocycles. The number of hydrogen-bond donors (Lipinski definition) is 2. The molecule has 0 saturated carbocycles. The van der Waals surface area contributed by atoms with E-state index < -0.39 is 12.1 Å². The lowest BCUT2D eigenvalue weighted by molar-refractivity contribution is 0.0696. The smallest absolute Gasteiger partial charge is 0.411 e. The van der Waals surface area contributed by atoms with E-state index in [0.29, 0.717) is 5.75 Å². The molecule has 1 amide bonds. The van der Waals surface area contributed by atoms with Crippen LogP contribution >= 0.6 is 15.9 Å². The van der Waals surface area contributed by atoms with E-state index in [0.717, 1.165) is 22.3 Å². The van der Waals surface area contributed by atoms with Gasteiger partial charge in [-0.15, -0.1) is 0 Å². The number of carboxylic acid groups (broad SMARTS) is 1. The summed E-state index contributed by atoms with van der Waals surface area (Å²) in [6.45, 7) is 0.138. The second-order valence-electron chi connectivity index (χ2n) is 6.76. The zero-order valence-corrected chi connectivity index (χ0v) is 17.6. The van der Waals surface area contributed by atoms with E-state index in [2.05, 4.69) is 33.4 Å². The Balaban J connectivity index is 1.53. The standard InChI is InChI=1S/C23H18BrNO5/c1-29-19-11-10-18(20(21(19)24)22(26)27)25-23(28)30-12-17-15-8-4-2-6-13(15)14-7-3-5-9-16(14)17/h2-11,17H,12H2,1H3,(H,25,28)(H,26,27). The number of amides is 1. The van der Waals surface area contributed by atoms with Gasteiger partial charge in [0.1, 0.15) is 17.9 Å². The molecule has 3 aromatic rings. The third-order valence-corrected chi connectivity index (χ3v) is 5.91. The molecule has 0 atom stereocenters. The predicted molar refractivity (Wildman–Crippen MR) is 116 cm³/mol. The molecule has 1 aliphatic carbocycles. The Labute approximate surface area is 181 Å². The van der Waals surface area contributed by atoms with Crippen LogP contribution < -0.4 is 10.1 Å². The molecule has 0 aliphatic heterocycles. The molecule has 1 aliphatic rings. The highest BCUT2D eigenvalue weighted by molar-refractivity contribution is 9.10. The summed E-state index contributed by atoms with van der Waals surface area (Å²) in [5, 5.41) is 12.1. The van der Waals surface area contributed by atoms with Crippen molar-refractivity contribution in [3.63, 3.8) is 0 Å². The minimum absolute atomic E-state index is 0.0790. The van der Waals surface area contributed by atoms with Gasteiger partial charge >= 0.3 is 12.1 Å². The van der Waals surface area contributed by atoms with Crippen molar-refractivity contribution in [3.8, 4) is 16.9 Å². The van der Waals surface area contributed by atoms with Gasteiger partial charge in [-0.2, -0.15) is 0 Å². The number of aromatic carboxylic acids is 1. The van der Waals surface area contributed by atoms with Gasteiger partial charge in [-0.05, 0) is 50.3 Å². The number of methoxy groups -OCH3 is 1. The summed E-state index contributed by atoms with van der Waals surface area (Å²) in [5.41, 5.74) is 4.48. The number of rotatable bonds is 5. The third-order valence-electron chi connectivity index (χ3n) is 5.12. The lowest BCUT2D eigenvalue weighted by Gasteiger charge is -2.16. The zero-order valence-electron chi connectivity index (χ0n) is 16.0. The predicted octanol–water partition coefficient (Wildman–Crippen LogP) is 5.52. The number of hydrogen-bond acceptors (Lipinski definition) is 4. The molecule has 0 saturated heterocycles. The topological polar surface area (TPSA) is 84.9 Å². The maximum Gasteiger partial charge on any atom is 0.411 e.